The van der Waals surface area contributed by atoms with Gasteiger partial charge in [-0.3, -0.25) is 0 Å². The Morgan fingerprint density at radius 1 is 1.37 bits per heavy atom. The maximum atomic E-state index is 13.2. The Morgan fingerprint density at radius 2 is 2.11 bits per heavy atom. The number of hydrogen-bond donors (Lipinski definition) is 1. The second kappa shape index (κ2) is 5.79. The lowest BCUT2D eigenvalue weighted by molar-refractivity contribution is 0.255. The molecule has 2 aromatic rings. The van der Waals surface area contributed by atoms with Gasteiger partial charge in [-0.1, -0.05) is 6.92 Å². The molecule has 0 aliphatic heterocycles. The largest absolute Gasteiger partial charge is 0.483 e. The van der Waals surface area contributed by atoms with Crippen molar-refractivity contribution in [1.82, 2.24) is 10.2 Å². The predicted octanol–water partition coefficient (Wildman–Crippen LogP) is 2.37. The normalized spacial score (nSPS) is 12.4. The number of halogens is 1. The van der Waals surface area contributed by atoms with Crippen LogP contribution in [0.25, 0.3) is 0 Å². The predicted molar refractivity (Wildman–Crippen MR) is 67.0 cm³/mol. The van der Waals surface area contributed by atoms with Crippen LogP contribution in [0.3, 0.4) is 0 Å². The number of benzene rings is 1. The van der Waals surface area contributed by atoms with E-state index in [-0.39, 0.29) is 18.5 Å². The number of hydrogen-bond acceptors (Lipinski definition) is 5. The monoisotopic (exact) mass is 265 g/mol. The fourth-order valence-corrected chi connectivity index (χ4v) is 1.64. The molecule has 1 aromatic heterocycles. The van der Waals surface area contributed by atoms with Crippen molar-refractivity contribution in [3.05, 3.63) is 41.4 Å². The van der Waals surface area contributed by atoms with Crippen molar-refractivity contribution in [1.29, 1.82) is 0 Å². The summed E-state index contributed by atoms with van der Waals surface area (Å²) in [6, 6.07) is 3.92. The molecule has 1 unspecified atom stereocenters. The van der Waals surface area contributed by atoms with Crippen molar-refractivity contribution in [3.8, 4) is 5.75 Å². The summed E-state index contributed by atoms with van der Waals surface area (Å²) in [5.74, 6) is 1.13. The van der Waals surface area contributed by atoms with Gasteiger partial charge in [-0.05, 0) is 25.1 Å². The van der Waals surface area contributed by atoms with Gasteiger partial charge in [0.1, 0.15) is 11.6 Å². The van der Waals surface area contributed by atoms with Crippen molar-refractivity contribution in [3.63, 3.8) is 0 Å². The van der Waals surface area contributed by atoms with Gasteiger partial charge in [-0.25, -0.2) is 4.39 Å². The molecule has 0 amide bonds. The first kappa shape index (κ1) is 13.5. The van der Waals surface area contributed by atoms with E-state index in [9.17, 15) is 4.39 Å². The van der Waals surface area contributed by atoms with E-state index in [4.69, 9.17) is 14.9 Å². The smallest absolute Gasteiger partial charge is 0.253 e. The van der Waals surface area contributed by atoms with Crippen LogP contribution in [-0.2, 0) is 13.0 Å². The van der Waals surface area contributed by atoms with Crippen LogP contribution in [0.15, 0.2) is 22.6 Å². The Bertz CT molecular complexity index is 555. The van der Waals surface area contributed by atoms with E-state index in [1.165, 1.54) is 12.1 Å². The van der Waals surface area contributed by atoms with Gasteiger partial charge in [0.05, 0.1) is 0 Å². The van der Waals surface area contributed by atoms with Crippen molar-refractivity contribution in [2.45, 2.75) is 32.9 Å². The molecule has 102 valence electrons. The molecule has 5 nitrogen and oxygen atoms in total. The summed E-state index contributed by atoms with van der Waals surface area (Å²) in [7, 11) is 0. The number of aryl methyl sites for hydroxylation is 1. The number of aromatic nitrogens is 2. The molecule has 6 heteroatoms. The van der Waals surface area contributed by atoms with Gasteiger partial charge in [0.15, 0.2) is 6.61 Å². The van der Waals surface area contributed by atoms with E-state index in [1.807, 2.05) is 6.92 Å². The zero-order valence-electron chi connectivity index (χ0n) is 10.9. The molecule has 0 saturated carbocycles. The molecule has 2 rings (SSSR count). The highest BCUT2D eigenvalue weighted by atomic mass is 19.1. The molecule has 1 heterocycles. The Kier molecular flexibility index (Phi) is 4.11. The number of nitrogens with two attached hydrogens (primary N) is 1. The fraction of sp³-hybridized carbons (Fsp3) is 0.385. The van der Waals surface area contributed by atoms with E-state index < -0.39 is 0 Å². The zero-order chi connectivity index (χ0) is 13.8. The molecular formula is C13H16FN3O2. The van der Waals surface area contributed by atoms with E-state index in [1.54, 1.807) is 13.0 Å². The van der Waals surface area contributed by atoms with Crippen LogP contribution in [-0.4, -0.2) is 10.2 Å². The number of nitrogens with zero attached hydrogens (tertiary/aromatic N) is 2. The lowest BCUT2D eigenvalue weighted by atomic mass is 10.1. The minimum atomic E-state index is -0.342. The number of rotatable bonds is 5. The summed E-state index contributed by atoms with van der Waals surface area (Å²) >= 11 is 0. The second-order valence-corrected chi connectivity index (χ2v) is 4.20. The second-order valence-electron chi connectivity index (χ2n) is 4.20. The zero-order valence-corrected chi connectivity index (χ0v) is 10.9. The Balaban J connectivity index is 2.10. The Hall–Kier alpha value is -1.95. The quantitative estimate of drug-likeness (QED) is 0.898. The molecule has 0 spiro atoms. The van der Waals surface area contributed by atoms with E-state index in [2.05, 4.69) is 10.2 Å². The standard InChI is InChI=1S/C13H16FN3O2/c1-3-12-16-17-13(19-12)7-18-11-5-4-9(14)6-10(11)8(2)15/h4-6,8H,3,7,15H2,1-2H3. The third kappa shape index (κ3) is 3.29. The van der Waals surface area contributed by atoms with Crippen molar-refractivity contribution < 1.29 is 13.5 Å². The molecule has 1 aromatic carbocycles. The van der Waals surface area contributed by atoms with Crippen molar-refractivity contribution in [2.75, 3.05) is 0 Å². The maximum Gasteiger partial charge on any atom is 0.253 e. The Morgan fingerprint density at radius 3 is 2.74 bits per heavy atom. The van der Waals surface area contributed by atoms with Crippen molar-refractivity contribution >= 4 is 0 Å². The average Bonchev–Trinajstić information content (AvgIpc) is 2.85. The highest BCUT2D eigenvalue weighted by Crippen LogP contribution is 2.25. The van der Waals surface area contributed by atoms with Gasteiger partial charge in [-0.15, -0.1) is 10.2 Å². The minimum Gasteiger partial charge on any atom is -0.483 e. The molecule has 0 saturated heterocycles. The summed E-state index contributed by atoms with van der Waals surface area (Å²) in [6.07, 6.45) is 0.675. The van der Waals surface area contributed by atoms with Crippen LogP contribution in [0.2, 0.25) is 0 Å². The highest BCUT2D eigenvalue weighted by Gasteiger charge is 2.11. The van der Waals surface area contributed by atoms with Crippen LogP contribution in [0.4, 0.5) is 4.39 Å². The van der Waals surface area contributed by atoms with Crippen LogP contribution in [0.1, 0.15) is 37.2 Å². The van der Waals surface area contributed by atoms with E-state index in [0.29, 0.717) is 29.5 Å². The summed E-state index contributed by atoms with van der Waals surface area (Å²) in [4.78, 5) is 0. The van der Waals surface area contributed by atoms with Crippen LogP contribution in [0, 0.1) is 5.82 Å². The van der Waals surface area contributed by atoms with E-state index >= 15 is 0 Å². The number of ether oxygens (including phenoxy) is 1. The van der Waals surface area contributed by atoms with Gasteiger partial charge in [0, 0.05) is 18.0 Å². The average molecular weight is 265 g/mol. The summed E-state index contributed by atoms with van der Waals surface area (Å²) < 4.78 is 24.0. The first-order chi connectivity index (χ1) is 9.10. The van der Waals surface area contributed by atoms with Gasteiger partial charge in [0.25, 0.3) is 5.89 Å². The minimum absolute atomic E-state index is 0.137. The van der Waals surface area contributed by atoms with Gasteiger partial charge in [0.2, 0.25) is 5.89 Å². The highest BCUT2D eigenvalue weighted by molar-refractivity contribution is 5.36. The third-order valence-electron chi connectivity index (χ3n) is 2.62. The first-order valence-corrected chi connectivity index (χ1v) is 6.09. The van der Waals surface area contributed by atoms with Crippen LogP contribution >= 0.6 is 0 Å². The lowest BCUT2D eigenvalue weighted by Gasteiger charge is -2.12. The fourth-order valence-electron chi connectivity index (χ4n) is 1.64. The molecule has 1 atom stereocenters. The van der Waals surface area contributed by atoms with Crippen molar-refractivity contribution in [2.24, 2.45) is 5.73 Å². The molecular weight excluding hydrogens is 249 g/mol. The molecule has 19 heavy (non-hydrogen) atoms. The molecule has 0 fully saturated rings. The van der Waals surface area contributed by atoms with Gasteiger partial charge >= 0.3 is 0 Å². The topological polar surface area (TPSA) is 74.2 Å². The van der Waals surface area contributed by atoms with Crippen LogP contribution < -0.4 is 10.5 Å². The SMILES string of the molecule is CCc1nnc(COc2ccc(F)cc2C(C)N)o1. The lowest BCUT2D eigenvalue weighted by Crippen LogP contribution is -2.08. The van der Waals surface area contributed by atoms with E-state index in [0.717, 1.165) is 0 Å². The van der Waals surface area contributed by atoms with Gasteiger partial charge in [-0.2, -0.15) is 0 Å². The molecule has 2 N–H and O–H groups in total. The molecule has 0 aliphatic rings. The molecule has 0 bridgehead atoms. The summed E-state index contributed by atoms with van der Waals surface area (Å²) in [6.45, 7) is 3.83. The van der Waals surface area contributed by atoms with Gasteiger partial charge < -0.3 is 14.9 Å². The van der Waals surface area contributed by atoms with Crippen LogP contribution in [0.5, 0.6) is 5.75 Å². The molecule has 0 aliphatic carbocycles. The molecule has 0 radical (unpaired) electrons. The Labute approximate surface area is 110 Å². The maximum absolute atomic E-state index is 13.2. The summed E-state index contributed by atoms with van der Waals surface area (Å²) in [5.41, 5.74) is 6.39. The first-order valence-electron chi connectivity index (χ1n) is 6.09. The third-order valence-corrected chi connectivity index (χ3v) is 2.62. The summed E-state index contributed by atoms with van der Waals surface area (Å²) in [5, 5.41) is 7.68.